The van der Waals surface area contributed by atoms with Crippen LogP contribution < -0.4 is 5.73 Å². The monoisotopic (exact) mass is 295 g/mol. The molecule has 3 N–H and O–H groups in total. The molecular formula is C12H13N3O6. The lowest BCUT2D eigenvalue weighted by Gasteiger charge is -2.19. The van der Waals surface area contributed by atoms with Gasteiger partial charge in [0.05, 0.1) is 4.92 Å². The van der Waals surface area contributed by atoms with E-state index in [0.29, 0.717) is 10.5 Å². The standard InChI is InChI=1S/C12H13N3O6/c1-7-3-2-4-8(15(20)21)11(7)12(19)14(5-9(13)16)6-10(17)18/h2-4H,5-6H2,1H3,(H2,13,16)(H,17,18). The molecule has 2 amide bonds. The van der Waals surface area contributed by atoms with Crippen molar-refractivity contribution in [3.8, 4) is 0 Å². The van der Waals surface area contributed by atoms with Crippen molar-refractivity contribution in [2.45, 2.75) is 6.92 Å². The molecule has 9 nitrogen and oxygen atoms in total. The van der Waals surface area contributed by atoms with Crippen LogP contribution in [0.3, 0.4) is 0 Å². The highest BCUT2D eigenvalue weighted by Gasteiger charge is 2.28. The number of aryl methyl sites for hydroxylation is 1. The summed E-state index contributed by atoms with van der Waals surface area (Å²) in [7, 11) is 0. The molecule has 21 heavy (non-hydrogen) atoms. The molecule has 0 bridgehead atoms. The Labute approximate surface area is 119 Å². The number of rotatable bonds is 6. The van der Waals surface area contributed by atoms with Crippen molar-refractivity contribution in [2.75, 3.05) is 13.1 Å². The van der Waals surface area contributed by atoms with E-state index in [1.54, 1.807) is 0 Å². The zero-order valence-corrected chi connectivity index (χ0v) is 11.1. The number of carbonyl (C=O) groups is 3. The molecule has 0 aliphatic carbocycles. The fourth-order valence-corrected chi connectivity index (χ4v) is 1.79. The van der Waals surface area contributed by atoms with Gasteiger partial charge in [0.25, 0.3) is 11.6 Å². The highest BCUT2D eigenvalue weighted by Crippen LogP contribution is 2.23. The summed E-state index contributed by atoms with van der Waals surface area (Å²) < 4.78 is 0. The van der Waals surface area contributed by atoms with E-state index in [2.05, 4.69) is 0 Å². The third kappa shape index (κ3) is 4.00. The Morgan fingerprint density at radius 3 is 2.43 bits per heavy atom. The van der Waals surface area contributed by atoms with Gasteiger partial charge >= 0.3 is 5.97 Å². The van der Waals surface area contributed by atoms with E-state index in [-0.39, 0.29) is 5.56 Å². The van der Waals surface area contributed by atoms with Crippen LogP contribution in [0.25, 0.3) is 0 Å². The van der Waals surface area contributed by atoms with Crippen LogP contribution in [0.15, 0.2) is 18.2 Å². The highest BCUT2D eigenvalue weighted by molar-refractivity contribution is 6.02. The lowest BCUT2D eigenvalue weighted by molar-refractivity contribution is -0.385. The molecule has 1 aromatic rings. The number of hydrogen-bond acceptors (Lipinski definition) is 5. The SMILES string of the molecule is Cc1cccc([N+](=O)[O-])c1C(=O)N(CC(N)=O)CC(=O)O. The van der Waals surface area contributed by atoms with Crippen LogP contribution in [-0.2, 0) is 9.59 Å². The van der Waals surface area contributed by atoms with Crippen LogP contribution in [0.5, 0.6) is 0 Å². The van der Waals surface area contributed by atoms with Crippen LogP contribution in [0.1, 0.15) is 15.9 Å². The molecule has 0 aromatic heterocycles. The Bertz CT molecular complexity index is 597. The van der Waals surface area contributed by atoms with Crippen molar-refractivity contribution >= 4 is 23.5 Å². The van der Waals surface area contributed by atoms with Crippen molar-refractivity contribution < 1.29 is 24.4 Å². The zero-order valence-electron chi connectivity index (χ0n) is 11.1. The van der Waals surface area contributed by atoms with E-state index in [9.17, 15) is 24.5 Å². The first-order valence-electron chi connectivity index (χ1n) is 5.77. The normalized spacial score (nSPS) is 9.95. The molecule has 0 atom stereocenters. The third-order valence-corrected chi connectivity index (χ3v) is 2.62. The van der Waals surface area contributed by atoms with E-state index in [0.717, 1.165) is 6.07 Å². The molecule has 0 spiro atoms. The van der Waals surface area contributed by atoms with Gasteiger partial charge in [-0.05, 0) is 12.5 Å². The Hall–Kier alpha value is -2.97. The van der Waals surface area contributed by atoms with E-state index in [4.69, 9.17) is 10.8 Å². The zero-order chi connectivity index (χ0) is 16.2. The molecule has 112 valence electrons. The van der Waals surface area contributed by atoms with Gasteiger partial charge in [0.15, 0.2) is 0 Å². The van der Waals surface area contributed by atoms with Gasteiger partial charge in [-0.3, -0.25) is 24.5 Å². The number of nitro benzene ring substituents is 1. The molecule has 1 rings (SSSR count). The topological polar surface area (TPSA) is 144 Å². The largest absolute Gasteiger partial charge is 0.480 e. The quantitative estimate of drug-likeness (QED) is 0.554. The molecule has 9 heteroatoms. The molecule has 0 radical (unpaired) electrons. The van der Waals surface area contributed by atoms with Gasteiger partial charge in [0.2, 0.25) is 5.91 Å². The summed E-state index contributed by atoms with van der Waals surface area (Å²) in [5.41, 5.74) is 4.54. The Morgan fingerprint density at radius 2 is 1.95 bits per heavy atom. The summed E-state index contributed by atoms with van der Waals surface area (Å²) in [6, 6.07) is 4.01. The second kappa shape index (κ2) is 6.46. The summed E-state index contributed by atoms with van der Waals surface area (Å²) in [6.45, 7) is 0.0489. The van der Waals surface area contributed by atoms with Crippen LogP contribution in [0.2, 0.25) is 0 Å². The maximum absolute atomic E-state index is 12.3. The molecular weight excluding hydrogens is 282 g/mol. The third-order valence-electron chi connectivity index (χ3n) is 2.62. The summed E-state index contributed by atoms with van der Waals surface area (Å²) >= 11 is 0. The average Bonchev–Trinajstić information content (AvgIpc) is 2.35. The van der Waals surface area contributed by atoms with Gasteiger partial charge in [0, 0.05) is 6.07 Å². The summed E-state index contributed by atoms with van der Waals surface area (Å²) in [6.07, 6.45) is 0. The number of benzene rings is 1. The molecule has 0 fully saturated rings. The maximum Gasteiger partial charge on any atom is 0.323 e. The first-order valence-corrected chi connectivity index (χ1v) is 5.77. The molecule has 0 saturated heterocycles. The number of nitrogens with two attached hydrogens (primary N) is 1. The summed E-state index contributed by atoms with van der Waals surface area (Å²) in [5, 5.41) is 19.7. The van der Waals surface area contributed by atoms with Gasteiger partial charge in [-0.2, -0.15) is 0 Å². The molecule has 0 saturated carbocycles. The number of hydrogen-bond donors (Lipinski definition) is 2. The van der Waals surface area contributed by atoms with E-state index < -0.39 is 41.5 Å². The van der Waals surface area contributed by atoms with Crippen LogP contribution >= 0.6 is 0 Å². The van der Waals surface area contributed by atoms with E-state index in [1.807, 2.05) is 0 Å². The predicted molar refractivity (Wildman–Crippen MR) is 70.6 cm³/mol. The van der Waals surface area contributed by atoms with Crippen LogP contribution in [-0.4, -0.2) is 45.8 Å². The average molecular weight is 295 g/mol. The van der Waals surface area contributed by atoms with Gasteiger partial charge in [0.1, 0.15) is 18.7 Å². The fourth-order valence-electron chi connectivity index (χ4n) is 1.79. The van der Waals surface area contributed by atoms with Gasteiger partial charge < -0.3 is 15.7 Å². The van der Waals surface area contributed by atoms with Gasteiger partial charge in [-0.25, -0.2) is 0 Å². The minimum absolute atomic E-state index is 0.259. The fraction of sp³-hybridized carbons (Fsp3) is 0.250. The molecule has 0 unspecified atom stereocenters. The number of aliphatic carboxylic acids is 1. The smallest absolute Gasteiger partial charge is 0.323 e. The predicted octanol–water partition coefficient (Wildman–Crippen LogP) is -0.0847. The number of carboxylic acid groups (broad SMARTS) is 1. The van der Waals surface area contributed by atoms with Crippen LogP contribution in [0, 0.1) is 17.0 Å². The molecule has 0 heterocycles. The van der Waals surface area contributed by atoms with Crippen molar-refractivity contribution in [1.82, 2.24) is 4.90 Å². The molecule has 0 aliphatic heterocycles. The second-order valence-electron chi connectivity index (χ2n) is 4.25. The summed E-state index contributed by atoms with van der Waals surface area (Å²) in [4.78, 5) is 44.9. The van der Waals surface area contributed by atoms with Crippen molar-refractivity contribution in [3.05, 3.63) is 39.4 Å². The number of amides is 2. The minimum Gasteiger partial charge on any atom is -0.480 e. The van der Waals surface area contributed by atoms with Gasteiger partial charge in [-0.15, -0.1) is 0 Å². The molecule has 1 aromatic carbocycles. The maximum atomic E-state index is 12.3. The second-order valence-corrected chi connectivity index (χ2v) is 4.25. The first-order chi connectivity index (χ1) is 9.73. The highest BCUT2D eigenvalue weighted by atomic mass is 16.6. The number of nitrogens with zero attached hydrogens (tertiary/aromatic N) is 2. The van der Waals surface area contributed by atoms with Crippen molar-refractivity contribution in [1.29, 1.82) is 0 Å². The Kier molecular flexibility index (Phi) is 4.95. The Balaban J connectivity index is 3.29. The van der Waals surface area contributed by atoms with Crippen molar-refractivity contribution in [2.24, 2.45) is 5.73 Å². The number of primary amides is 1. The van der Waals surface area contributed by atoms with E-state index in [1.165, 1.54) is 19.1 Å². The number of carbonyl (C=O) groups excluding carboxylic acids is 2. The lowest BCUT2D eigenvalue weighted by Crippen LogP contribution is -2.42. The number of carboxylic acids is 1. The first kappa shape index (κ1) is 16.1. The molecule has 0 aliphatic rings. The summed E-state index contributed by atoms with van der Waals surface area (Å²) in [5.74, 6) is -3.21. The van der Waals surface area contributed by atoms with Gasteiger partial charge in [-0.1, -0.05) is 12.1 Å². The Morgan fingerprint density at radius 1 is 1.33 bits per heavy atom. The van der Waals surface area contributed by atoms with Crippen molar-refractivity contribution in [3.63, 3.8) is 0 Å². The van der Waals surface area contributed by atoms with E-state index >= 15 is 0 Å². The lowest BCUT2D eigenvalue weighted by atomic mass is 10.1. The number of nitro groups is 1. The van der Waals surface area contributed by atoms with Crippen LogP contribution in [0.4, 0.5) is 5.69 Å². The minimum atomic E-state index is -1.36.